The van der Waals surface area contributed by atoms with Gasteiger partial charge in [0.2, 0.25) is 0 Å². The van der Waals surface area contributed by atoms with E-state index in [0.717, 1.165) is 5.56 Å². The van der Waals surface area contributed by atoms with Gasteiger partial charge in [0, 0.05) is 24.5 Å². The summed E-state index contributed by atoms with van der Waals surface area (Å²) in [6.07, 6.45) is 1.61. The van der Waals surface area contributed by atoms with Crippen molar-refractivity contribution in [2.24, 2.45) is 0 Å². The van der Waals surface area contributed by atoms with Crippen LogP contribution in [0.3, 0.4) is 0 Å². The highest BCUT2D eigenvalue weighted by Crippen LogP contribution is 2.40. The van der Waals surface area contributed by atoms with Gasteiger partial charge in [-0.1, -0.05) is 0 Å². The van der Waals surface area contributed by atoms with E-state index in [1.807, 2.05) is 0 Å². The number of hydrogen-bond donors (Lipinski definition) is 0. The minimum absolute atomic E-state index is 0.130. The molecule has 7 heteroatoms. The predicted octanol–water partition coefficient (Wildman–Crippen LogP) is 1.84. The molecule has 130 valence electrons. The number of aryl methyl sites for hydroxylation is 1. The minimum Gasteiger partial charge on any atom is -0.467 e. The van der Waals surface area contributed by atoms with Crippen molar-refractivity contribution in [3.8, 4) is 0 Å². The number of fused-ring (bicyclic) bond motifs is 3. The summed E-state index contributed by atoms with van der Waals surface area (Å²) in [5.41, 5.74) is 0.198. The van der Waals surface area contributed by atoms with Gasteiger partial charge in [-0.25, -0.2) is 9.18 Å². The number of hydrogen-bond acceptors (Lipinski definition) is 5. The van der Waals surface area contributed by atoms with Crippen molar-refractivity contribution in [1.82, 2.24) is 9.88 Å². The van der Waals surface area contributed by atoms with Gasteiger partial charge in [0.05, 0.1) is 25.4 Å². The lowest BCUT2D eigenvalue weighted by Gasteiger charge is -2.35. The number of pyridine rings is 1. The molecule has 2 aliphatic rings. The monoisotopic (exact) mass is 344 g/mol. The third-order valence-electron chi connectivity index (χ3n) is 4.96. The van der Waals surface area contributed by atoms with Crippen LogP contribution in [0.2, 0.25) is 0 Å². The van der Waals surface area contributed by atoms with Gasteiger partial charge >= 0.3 is 5.97 Å². The topological polar surface area (TPSA) is 68.7 Å². The zero-order chi connectivity index (χ0) is 17.8. The summed E-state index contributed by atoms with van der Waals surface area (Å²) in [6.45, 7) is 2.24. The number of nitrogens with zero attached hydrogens (tertiary/aromatic N) is 2. The van der Waals surface area contributed by atoms with Gasteiger partial charge in [-0.05, 0) is 30.7 Å². The Labute approximate surface area is 143 Å². The first kappa shape index (κ1) is 16.0. The first-order chi connectivity index (χ1) is 11.9. The van der Waals surface area contributed by atoms with Crippen LogP contribution >= 0.6 is 0 Å². The minimum atomic E-state index is -1.08. The van der Waals surface area contributed by atoms with E-state index in [1.165, 1.54) is 24.3 Å². The maximum atomic E-state index is 14.0. The number of methoxy groups -OCH3 is 1. The number of benzene rings is 1. The molecule has 2 unspecified atom stereocenters. The number of halogens is 1. The molecule has 0 radical (unpaired) electrons. The van der Waals surface area contributed by atoms with Gasteiger partial charge in [0.25, 0.3) is 5.91 Å². The van der Waals surface area contributed by atoms with E-state index < -0.39 is 17.3 Å². The van der Waals surface area contributed by atoms with Gasteiger partial charge in [0.15, 0.2) is 5.54 Å². The molecule has 2 atom stereocenters. The molecule has 6 nitrogen and oxygen atoms in total. The highest BCUT2D eigenvalue weighted by atomic mass is 19.1. The number of amides is 1. The number of morpholine rings is 1. The van der Waals surface area contributed by atoms with Crippen molar-refractivity contribution in [2.45, 2.75) is 25.0 Å². The fraction of sp³-hybridized carbons (Fsp3) is 0.389. The molecule has 2 aliphatic heterocycles. The molecule has 2 aromatic rings. The van der Waals surface area contributed by atoms with E-state index in [0.29, 0.717) is 23.9 Å². The maximum absolute atomic E-state index is 14.0. The standard InChI is InChI=1S/C18H17FN2O4/c1-10-3-11-5-12(7-20-15(11)14(19)4-10)16(22)21-8-13-6-18(21,9-25-13)17(23)24-2/h3-5,7,13H,6,8-9H2,1-2H3. The van der Waals surface area contributed by atoms with Crippen molar-refractivity contribution in [2.75, 3.05) is 20.3 Å². The molecule has 25 heavy (non-hydrogen) atoms. The van der Waals surface area contributed by atoms with Gasteiger partial charge in [0.1, 0.15) is 11.3 Å². The van der Waals surface area contributed by atoms with Crippen LogP contribution in [0.5, 0.6) is 0 Å². The van der Waals surface area contributed by atoms with Crippen LogP contribution in [0.25, 0.3) is 10.9 Å². The van der Waals surface area contributed by atoms with Gasteiger partial charge in [-0.2, -0.15) is 0 Å². The second kappa shape index (κ2) is 5.49. The predicted molar refractivity (Wildman–Crippen MR) is 86.6 cm³/mol. The second-order valence-electron chi connectivity index (χ2n) is 6.62. The Morgan fingerprint density at radius 2 is 2.20 bits per heavy atom. The number of esters is 1. The molecule has 3 heterocycles. The van der Waals surface area contributed by atoms with Crippen LogP contribution in [0.4, 0.5) is 4.39 Å². The average molecular weight is 344 g/mol. The molecule has 2 bridgehead atoms. The highest BCUT2D eigenvalue weighted by molar-refractivity contribution is 6.01. The van der Waals surface area contributed by atoms with E-state index in [1.54, 1.807) is 19.1 Å². The first-order valence-corrected chi connectivity index (χ1v) is 8.02. The Kier molecular flexibility index (Phi) is 3.50. The van der Waals surface area contributed by atoms with E-state index in [-0.39, 0.29) is 24.1 Å². The van der Waals surface area contributed by atoms with E-state index >= 15 is 0 Å². The summed E-state index contributed by atoms with van der Waals surface area (Å²) < 4.78 is 24.4. The SMILES string of the molecule is COC(=O)C12COC(CN1C(=O)c1cnc3c(F)cc(C)cc3c1)C2. The zero-order valence-corrected chi connectivity index (χ0v) is 13.9. The lowest BCUT2D eigenvalue weighted by molar-refractivity contribution is -0.154. The summed E-state index contributed by atoms with van der Waals surface area (Å²) in [5, 5.41) is 0.552. The summed E-state index contributed by atoms with van der Waals surface area (Å²) in [5.74, 6) is -1.22. The lowest BCUT2D eigenvalue weighted by atomic mass is 9.98. The Balaban J connectivity index is 1.74. The highest BCUT2D eigenvalue weighted by Gasteiger charge is 2.59. The zero-order valence-electron chi connectivity index (χ0n) is 13.9. The molecule has 1 aromatic heterocycles. The fourth-order valence-electron chi connectivity index (χ4n) is 3.77. The molecule has 1 amide bonds. The Bertz CT molecular complexity index is 900. The van der Waals surface area contributed by atoms with Crippen LogP contribution in [-0.4, -0.2) is 53.7 Å². The third-order valence-corrected chi connectivity index (χ3v) is 4.96. The van der Waals surface area contributed by atoms with Crippen LogP contribution in [0, 0.1) is 12.7 Å². The molecule has 0 saturated carbocycles. The first-order valence-electron chi connectivity index (χ1n) is 8.02. The molecule has 0 aliphatic carbocycles. The smallest absolute Gasteiger partial charge is 0.334 e. The summed E-state index contributed by atoms with van der Waals surface area (Å²) in [4.78, 5) is 30.9. The van der Waals surface area contributed by atoms with Crippen molar-refractivity contribution >= 4 is 22.8 Å². The largest absolute Gasteiger partial charge is 0.467 e. The van der Waals surface area contributed by atoms with Gasteiger partial charge < -0.3 is 14.4 Å². The van der Waals surface area contributed by atoms with Crippen LogP contribution < -0.4 is 0 Å². The van der Waals surface area contributed by atoms with Crippen molar-refractivity contribution in [1.29, 1.82) is 0 Å². The summed E-state index contributed by atoms with van der Waals surface area (Å²) in [6, 6.07) is 4.79. The number of carbonyl (C=O) groups is 2. The number of carbonyl (C=O) groups excluding carboxylic acids is 2. The van der Waals surface area contributed by atoms with E-state index in [4.69, 9.17) is 9.47 Å². The van der Waals surface area contributed by atoms with E-state index in [9.17, 15) is 14.0 Å². The number of likely N-dealkylation sites (tertiary alicyclic amines) is 1. The molecular weight excluding hydrogens is 327 g/mol. The van der Waals surface area contributed by atoms with E-state index in [2.05, 4.69) is 4.98 Å². The number of rotatable bonds is 2. The fourth-order valence-corrected chi connectivity index (χ4v) is 3.77. The molecular formula is C18H17FN2O4. The quantitative estimate of drug-likeness (QED) is 0.778. The average Bonchev–Trinajstić information content (AvgIpc) is 3.19. The Morgan fingerprint density at radius 1 is 1.40 bits per heavy atom. The molecule has 2 saturated heterocycles. The van der Waals surface area contributed by atoms with Crippen LogP contribution in [-0.2, 0) is 14.3 Å². The molecule has 4 rings (SSSR count). The van der Waals surface area contributed by atoms with Gasteiger partial charge in [-0.3, -0.25) is 9.78 Å². The summed E-state index contributed by atoms with van der Waals surface area (Å²) in [7, 11) is 1.30. The molecule has 0 N–H and O–H groups in total. The summed E-state index contributed by atoms with van der Waals surface area (Å²) >= 11 is 0. The van der Waals surface area contributed by atoms with Crippen molar-refractivity contribution < 1.29 is 23.5 Å². The maximum Gasteiger partial charge on any atom is 0.334 e. The molecule has 2 fully saturated rings. The normalized spacial score (nSPS) is 24.8. The Hall–Kier alpha value is -2.54. The molecule has 1 aromatic carbocycles. The van der Waals surface area contributed by atoms with Crippen LogP contribution in [0.15, 0.2) is 24.4 Å². The third kappa shape index (κ3) is 2.30. The van der Waals surface area contributed by atoms with Gasteiger partial charge in [-0.15, -0.1) is 0 Å². The van der Waals surface area contributed by atoms with Crippen molar-refractivity contribution in [3.05, 3.63) is 41.3 Å². The lowest BCUT2D eigenvalue weighted by Crippen LogP contribution is -2.57. The Morgan fingerprint density at radius 3 is 2.92 bits per heavy atom. The van der Waals surface area contributed by atoms with Crippen LogP contribution in [0.1, 0.15) is 22.3 Å². The molecule has 0 spiro atoms. The second-order valence-corrected chi connectivity index (χ2v) is 6.62. The number of aromatic nitrogens is 1. The van der Waals surface area contributed by atoms with Crippen molar-refractivity contribution in [3.63, 3.8) is 0 Å². The number of ether oxygens (including phenoxy) is 2.